The van der Waals surface area contributed by atoms with Gasteiger partial charge in [0.25, 0.3) is 5.56 Å². The molecule has 0 bridgehead atoms. The Morgan fingerprint density at radius 1 is 1.12 bits per heavy atom. The summed E-state index contributed by atoms with van der Waals surface area (Å²) in [5.74, 6) is 0.450. The summed E-state index contributed by atoms with van der Waals surface area (Å²) in [6.07, 6.45) is 2.92. The second kappa shape index (κ2) is 7.80. The number of carbonyl (C=O) groups is 1. The minimum absolute atomic E-state index is 0.0938. The lowest BCUT2D eigenvalue weighted by molar-refractivity contribution is 0.0973. The molecule has 1 aliphatic rings. The van der Waals surface area contributed by atoms with Crippen molar-refractivity contribution in [3.05, 3.63) is 86.3 Å². The van der Waals surface area contributed by atoms with Crippen molar-refractivity contribution in [1.82, 2.24) is 18.7 Å². The van der Waals surface area contributed by atoms with Crippen LogP contribution in [0.2, 0.25) is 5.02 Å². The summed E-state index contributed by atoms with van der Waals surface area (Å²) < 4.78 is 9.23. The lowest BCUT2D eigenvalue weighted by atomic mass is 10.1. The summed E-state index contributed by atoms with van der Waals surface area (Å²) in [6.45, 7) is -0.0938. The van der Waals surface area contributed by atoms with Gasteiger partial charge in [0.2, 0.25) is 0 Å². The molecule has 0 spiro atoms. The van der Waals surface area contributed by atoms with Crippen LogP contribution in [-0.2, 0) is 6.54 Å². The normalized spacial score (nSPS) is 13.4. The number of nitrogens with zero attached hydrogens (tertiary/aromatic N) is 4. The molecule has 0 radical (unpaired) electrons. The molecule has 0 aliphatic heterocycles. The third-order valence-corrected chi connectivity index (χ3v) is 5.90. The van der Waals surface area contributed by atoms with E-state index >= 15 is 0 Å². The summed E-state index contributed by atoms with van der Waals surface area (Å²) in [6, 6.07) is 13.5. The van der Waals surface area contributed by atoms with Crippen molar-refractivity contribution >= 4 is 28.5 Å². The van der Waals surface area contributed by atoms with Gasteiger partial charge in [-0.15, -0.1) is 0 Å². The van der Waals surface area contributed by atoms with Gasteiger partial charge in [-0.1, -0.05) is 23.7 Å². The predicted octanol–water partition coefficient (Wildman–Crippen LogP) is 3.23. The van der Waals surface area contributed by atoms with Crippen LogP contribution < -0.4 is 16.0 Å². The summed E-state index contributed by atoms with van der Waals surface area (Å²) >= 11 is 6.37. The van der Waals surface area contributed by atoms with Crippen LogP contribution in [-0.4, -0.2) is 31.6 Å². The quantitative estimate of drug-likeness (QED) is 0.421. The van der Waals surface area contributed by atoms with Crippen molar-refractivity contribution in [2.45, 2.75) is 25.4 Å². The number of carbonyl (C=O) groups excluding carboxylic acids is 1. The van der Waals surface area contributed by atoms with Crippen molar-refractivity contribution < 1.29 is 9.53 Å². The fourth-order valence-corrected chi connectivity index (χ4v) is 4.02. The van der Waals surface area contributed by atoms with Gasteiger partial charge in [0.1, 0.15) is 5.75 Å². The molecule has 2 heterocycles. The molecule has 5 rings (SSSR count). The second-order valence-electron chi connectivity index (χ2n) is 7.67. The van der Waals surface area contributed by atoms with Gasteiger partial charge in [0.15, 0.2) is 16.9 Å². The first-order valence-electron chi connectivity index (χ1n) is 10.1. The maximum Gasteiger partial charge on any atom is 0.337 e. The average molecular weight is 451 g/mol. The zero-order valence-corrected chi connectivity index (χ0v) is 18.0. The Labute approximate surface area is 187 Å². The summed E-state index contributed by atoms with van der Waals surface area (Å²) in [5.41, 5.74) is 0.353. The molecule has 2 aromatic carbocycles. The molecule has 0 saturated heterocycles. The molecule has 9 heteroatoms. The number of para-hydroxylation sites is 1. The zero-order chi connectivity index (χ0) is 22.4. The third kappa shape index (κ3) is 3.33. The number of benzene rings is 2. The van der Waals surface area contributed by atoms with Gasteiger partial charge in [-0.2, -0.15) is 0 Å². The Morgan fingerprint density at radius 2 is 1.84 bits per heavy atom. The van der Waals surface area contributed by atoms with Gasteiger partial charge >= 0.3 is 5.69 Å². The van der Waals surface area contributed by atoms with Crippen molar-refractivity contribution in [3.63, 3.8) is 0 Å². The number of ether oxygens (including phenoxy) is 1. The SMILES string of the molecule is COc1ccc(C(=O)Cn2cnc3c2c(=O)n(C2CC2)c(=O)n3-c2ccccc2Cl)cc1. The number of hydrogen-bond acceptors (Lipinski definition) is 5. The van der Waals surface area contributed by atoms with E-state index in [9.17, 15) is 14.4 Å². The molecule has 1 fully saturated rings. The fourth-order valence-electron chi connectivity index (χ4n) is 3.80. The highest BCUT2D eigenvalue weighted by atomic mass is 35.5. The van der Waals surface area contributed by atoms with E-state index in [1.165, 1.54) is 20.0 Å². The van der Waals surface area contributed by atoms with Crippen LogP contribution in [0.4, 0.5) is 0 Å². The molecule has 8 nitrogen and oxygen atoms in total. The number of rotatable bonds is 6. The summed E-state index contributed by atoms with van der Waals surface area (Å²) in [7, 11) is 1.55. The first kappa shape index (κ1) is 20.3. The van der Waals surface area contributed by atoms with E-state index in [4.69, 9.17) is 16.3 Å². The number of hydrogen-bond donors (Lipinski definition) is 0. The second-order valence-corrected chi connectivity index (χ2v) is 8.08. The minimum atomic E-state index is -0.482. The van der Waals surface area contributed by atoms with Crippen LogP contribution in [0.15, 0.2) is 64.4 Å². The van der Waals surface area contributed by atoms with E-state index in [0.29, 0.717) is 22.0 Å². The van der Waals surface area contributed by atoms with E-state index in [-0.39, 0.29) is 29.5 Å². The average Bonchev–Trinajstić information content (AvgIpc) is 3.55. The van der Waals surface area contributed by atoms with E-state index in [2.05, 4.69) is 4.98 Å². The fraction of sp³-hybridized carbons (Fsp3) is 0.217. The maximum absolute atomic E-state index is 13.3. The highest BCUT2D eigenvalue weighted by Gasteiger charge is 2.31. The number of Topliss-reactive ketones (excluding diaryl/α,β-unsaturated/α-hetero) is 1. The molecule has 32 heavy (non-hydrogen) atoms. The Bertz CT molecular complexity index is 1460. The van der Waals surface area contributed by atoms with Gasteiger partial charge in [-0.05, 0) is 49.2 Å². The van der Waals surface area contributed by atoms with Crippen molar-refractivity contribution in [1.29, 1.82) is 0 Å². The Hall–Kier alpha value is -3.65. The van der Waals surface area contributed by atoms with Crippen LogP contribution in [0.1, 0.15) is 29.2 Å². The molecule has 0 N–H and O–H groups in total. The van der Waals surface area contributed by atoms with E-state index < -0.39 is 11.2 Å². The van der Waals surface area contributed by atoms with Crippen LogP contribution >= 0.6 is 11.6 Å². The third-order valence-electron chi connectivity index (χ3n) is 5.58. The van der Waals surface area contributed by atoms with E-state index in [0.717, 1.165) is 12.8 Å². The molecule has 1 saturated carbocycles. The van der Waals surface area contributed by atoms with Crippen LogP contribution in [0.3, 0.4) is 0 Å². The van der Waals surface area contributed by atoms with E-state index in [1.807, 2.05) is 0 Å². The van der Waals surface area contributed by atoms with Crippen LogP contribution in [0.25, 0.3) is 16.9 Å². The monoisotopic (exact) mass is 450 g/mol. The number of fused-ring (bicyclic) bond motifs is 1. The van der Waals surface area contributed by atoms with Crippen molar-refractivity contribution in [2.24, 2.45) is 0 Å². The van der Waals surface area contributed by atoms with Gasteiger partial charge in [0, 0.05) is 11.6 Å². The number of aromatic nitrogens is 4. The molecule has 4 aromatic rings. The van der Waals surface area contributed by atoms with Crippen molar-refractivity contribution in [3.8, 4) is 11.4 Å². The molecule has 162 valence electrons. The summed E-state index contributed by atoms with van der Waals surface area (Å²) in [4.78, 5) is 43.8. The topological polar surface area (TPSA) is 88.1 Å². The number of ketones is 1. The van der Waals surface area contributed by atoms with Gasteiger partial charge in [-0.25, -0.2) is 14.3 Å². The molecular formula is C23H19ClN4O4. The van der Waals surface area contributed by atoms with Crippen LogP contribution in [0, 0.1) is 0 Å². The lowest BCUT2D eigenvalue weighted by Gasteiger charge is -2.13. The molecule has 1 aliphatic carbocycles. The smallest absolute Gasteiger partial charge is 0.337 e. The molecule has 2 aromatic heterocycles. The first-order chi connectivity index (χ1) is 15.5. The Kier molecular flexibility index (Phi) is 4.94. The predicted molar refractivity (Wildman–Crippen MR) is 120 cm³/mol. The number of methoxy groups -OCH3 is 1. The Morgan fingerprint density at radius 3 is 2.50 bits per heavy atom. The number of halogens is 1. The van der Waals surface area contributed by atoms with Gasteiger partial charge in [-0.3, -0.25) is 14.2 Å². The van der Waals surface area contributed by atoms with Crippen LogP contribution in [0.5, 0.6) is 5.75 Å². The molecule has 0 atom stereocenters. The van der Waals surface area contributed by atoms with E-state index in [1.54, 1.807) is 55.6 Å². The first-order valence-corrected chi connectivity index (χ1v) is 10.5. The number of imidazole rings is 1. The minimum Gasteiger partial charge on any atom is -0.497 e. The highest BCUT2D eigenvalue weighted by molar-refractivity contribution is 6.32. The lowest BCUT2D eigenvalue weighted by Crippen LogP contribution is -2.39. The molecular weight excluding hydrogens is 432 g/mol. The standard InChI is InChI=1S/C23H19ClN4O4/c1-32-16-10-6-14(7-11-16)19(29)12-26-13-25-21-20(26)22(30)27(15-8-9-15)23(31)28(21)18-5-3-2-4-17(18)24/h2-7,10-11,13,15H,8-9,12H2,1H3. The van der Waals surface area contributed by atoms with Crippen molar-refractivity contribution in [2.75, 3.05) is 7.11 Å². The molecule has 0 amide bonds. The van der Waals surface area contributed by atoms with Gasteiger partial charge in [0.05, 0.1) is 30.7 Å². The molecule has 0 unspecified atom stereocenters. The highest BCUT2D eigenvalue weighted by Crippen LogP contribution is 2.33. The maximum atomic E-state index is 13.3. The van der Waals surface area contributed by atoms with Gasteiger partial charge < -0.3 is 9.30 Å². The largest absolute Gasteiger partial charge is 0.497 e. The zero-order valence-electron chi connectivity index (χ0n) is 17.2. The Balaban J connectivity index is 1.67. The summed E-state index contributed by atoms with van der Waals surface area (Å²) in [5, 5.41) is 0.362.